The molecule has 0 fully saturated rings. The number of aliphatic hydroxyl groups is 1. The van der Waals surface area contributed by atoms with E-state index in [4.69, 9.17) is 10.8 Å². The molecule has 0 heterocycles. The van der Waals surface area contributed by atoms with Crippen molar-refractivity contribution < 1.29 is 5.11 Å². The number of hydrogen-bond donors (Lipinski definition) is 2. The molecule has 0 unspecified atom stereocenters. The van der Waals surface area contributed by atoms with Gasteiger partial charge in [0.2, 0.25) is 0 Å². The molecular weight excluding hydrogens is 110 g/mol. The molecule has 2 nitrogen and oxygen atoms in total. The van der Waals surface area contributed by atoms with Crippen molar-refractivity contribution in [3.05, 3.63) is 0 Å². The van der Waals surface area contributed by atoms with Crippen LogP contribution in [0.25, 0.3) is 0 Å². The largest absolute Gasteiger partial charge is 0.391 e. The van der Waals surface area contributed by atoms with Crippen LogP contribution in [0.4, 0.5) is 0 Å². The SMILES string of the molecule is CC(C)(O)C(N)=S. The lowest BCUT2D eigenvalue weighted by Gasteiger charge is -2.13. The van der Waals surface area contributed by atoms with Gasteiger partial charge in [-0.3, -0.25) is 0 Å². The van der Waals surface area contributed by atoms with E-state index in [1.807, 2.05) is 0 Å². The summed E-state index contributed by atoms with van der Waals surface area (Å²) in [7, 11) is 0. The molecule has 3 heteroatoms. The van der Waals surface area contributed by atoms with Gasteiger partial charge in [0.15, 0.2) is 0 Å². The Morgan fingerprint density at radius 3 is 1.86 bits per heavy atom. The first kappa shape index (κ1) is 6.85. The molecule has 0 amide bonds. The van der Waals surface area contributed by atoms with E-state index in [0.29, 0.717) is 0 Å². The zero-order chi connectivity index (χ0) is 6.08. The fourth-order valence-corrected chi connectivity index (χ4v) is 0. The van der Waals surface area contributed by atoms with Crippen molar-refractivity contribution in [3.63, 3.8) is 0 Å². The highest BCUT2D eigenvalue weighted by molar-refractivity contribution is 7.80. The van der Waals surface area contributed by atoms with Gasteiger partial charge in [0, 0.05) is 0 Å². The van der Waals surface area contributed by atoms with Gasteiger partial charge < -0.3 is 10.8 Å². The lowest BCUT2D eigenvalue weighted by molar-refractivity contribution is 0.155. The molecule has 0 saturated carbocycles. The maximum Gasteiger partial charge on any atom is 0.109 e. The van der Waals surface area contributed by atoms with Crippen LogP contribution in [0, 0.1) is 0 Å². The third kappa shape index (κ3) is 2.53. The summed E-state index contributed by atoms with van der Waals surface area (Å²) in [6.45, 7) is 3.10. The fraction of sp³-hybridized carbons (Fsp3) is 0.750. The maximum absolute atomic E-state index is 8.83. The molecule has 0 aliphatic carbocycles. The van der Waals surface area contributed by atoms with E-state index >= 15 is 0 Å². The Morgan fingerprint density at radius 1 is 1.71 bits per heavy atom. The summed E-state index contributed by atoms with van der Waals surface area (Å²) in [5, 5.41) is 8.83. The first-order chi connectivity index (χ1) is 2.94. The molecule has 0 bridgehead atoms. The second kappa shape index (κ2) is 1.76. The van der Waals surface area contributed by atoms with Gasteiger partial charge in [-0.25, -0.2) is 0 Å². The van der Waals surface area contributed by atoms with Crippen LogP contribution < -0.4 is 5.73 Å². The normalized spacial score (nSPS) is 11.3. The van der Waals surface area contributed by atoms with Crippen LogP contribution in [0.3, 0.4) is 0 Å². The van der Waals surface area contributed by atoms with E-state index in [9.17, 15) is 0 Å². The molecule has 7 heavy (non-hydrogen) atoms. The lowest BCUT2D eigenvalue weighted by Crippen LogP contribution is -2.35. The average molecular weight is 119 g/mol. The number of nitrogens with two attached hydrogens (primary N) is 1. The summed E-state index contributed by atoms with van der Waals surface area (Å²) in [5.41, 5.74) is 4.06. The molecule has 0 atom stereocenters. The monoisotopic (exact) mass is 119 g/mol. The van der Waals surface area contributed by atoms with Crippen molar-refractivity contribution >= 4 is 17.2 Å². The second-order valence-electron chi connectivity index (χ2n) is 1.92. The maximum atomic E-state index is 8.83. The summed E-state index contributed by atoms with van der Waals surface area (Å²) >= 11 is 4.46. The van der Waals surface area contributed by atoms with Crippen LogP contribution in [-0.4, -0.2) is 15.7 Å². The first-order valence-electron chi connectivity index (χ1n) is 1.97. The molecule has 0 rings (SSSR count). The molecular formula is C4H9NOS. The average Bonchev–Trinajstić information content (AvgIpc) is 1.31. The highest BCUT2D eigenvalue weighted by atomic mass is 32.1. The Hall–Kier alpha value is -0.150. The van der Waals surface area contributed by atoms with Crippen LogP contribution in [0.2, 0.25) is 0 Å². The van der Waals surface area contributed by atoms with Gasteiger partial charge >= 0.3 is 0 Å². The molecule has 0 aliphatic rings. The van der Waals surface area contributed by atoms with Crippen molar-refractivity contribution in [1.82, 2.24) is 0 Å². The Morgan fingerprint density at radius 2 is 1.86 bits per heavy atom. The van der Waals surface area contributed by atoms with Crippen LogP contribution in [0.1, 0.15) is 13.8 Å². The van der Waals surface area contributed by atoms with Crippen molar-refractivity contribution in [3.8, 4) is 0 Å². The predicted octanol–water partition coefficient (Wildman–Crippen LogP) is 0.0434. The Labute approximate surface area is 48.3 Å². The zero-order valence-corrected chi connectivity index (χ0v) is 5.25. The predicted molar refractivity (Wildman–Crippen MR) is 33.1 cm³/mol. The van der Waals surface area contributed by atoms with E-state index in [0.717, 1.165) is 0 Å². The minimum absolute atomic E-state index is 0.132. The van der Waals surface area contributed by atoms with Crippen molar-refractivity contribution in [2.75, 3.05) is 0 Å². The molecule has 0 spiro atoms. The van der Waals surface area contributed by atoms with Crippen LogP contribution in [0.15, 0.2) is 0 Å². The van der Waals surface area contributed by atoms with Crippen molar-refractivity contribution in [2.45, 2.75) is 19.4 Å². The van der Waals surface area contributed by atoms with E-state index in [-0.39, 0.29) is 4.99 Å². The van der Waals surface area contributed by atoms with Gasteiger partial charge in [0.05, 0.1) is 0 Å². The molecule has 0 radical (unpaired) electrons. The van der Waals surface area contributed by atoms with Crippen molar-refractivity contribution in [1.29, 1.82) is 0 Å². The summed E-state index contributed by atoms with van der Waals surface area (Å²) in [5.74, 6) is 0. The smallest absolute Gasteiger partial charge is 0.109 e. The van der Waals surface area contributed by atoms with E-state index in [1.165, 1.54) is 0 Å². The van der Waals surface area contributed by atoms with Gasteiger partial charge in [-0.2, -0.15) is 0 Å². The fourth-order valence-electron chi connectivity index (χ4n) is 0. The molecule has 0 aromatic carbocycles. The third-order valence-corrected chi connectivity index (χ3v) is 1.10. The highest BCUT2D eigenvalue weighted by Gasteiger charge is 2.14. The minimum atomic E-state index is -0.991. The van der Waals surface area contributed by atoms with Crippen molar-refractivity contribution in [2.24, 2.45) is 5.73 Å². The van der Waals surface area contributed by atoms with Gasteiger partial charge in [-0.1, -0.05) is 12.2 Å². The van der Waals surface area contributed by atoms with E-state index in [1.54, 1.807) is 13.8 Å². The summed E-state index contributed by atoms with van der Waals surface area (Å²) in [6.07, 6.45) is 0. The Bertz CT molecular complexity index is 84.2. The molecule has 3 N–H and O–H groups in total. The topological polar surface area (TPSA) is 46.2 Å². The second-order valence-corrected chi connectivity index (χ2v) is 2.36. The number of thiocarbonyl (C=S) groups is 1. The standard InChI is InChI=1S/C4H9NOS/c1-4(2,6)3(5)7/h6H,1-2H3,(H2,5,7). The van der Waals surface area contributed by atoms with Crippen LogP contribution >= 0.6 is 12.2 Å². The third-order valence-electron chi connectivity index (χ3n) is 0.603. The van der Waals surface area contributed by atoms with Crippen LogP contribution in [-0.2, 0) is 0 Å². The Balaban J connectivity index is 3.79. The summed E-state index contributed by atoms with van der Waals surface area (Å²) < 4.78 is 0. The molecule has 0 saturated heterocycles. The first-order valence-corrected chi connectivity index (χ1v) is 2.37. The molecule has 0 aliphatic heterocycles. The quantitative estimate of drug-likeness (QED) is 0.479. The lowest BCUT2D eigenvalue weighted by atomic mass is 10.1. The van der Waals surface area contributed by atoms with Gasteiger partial charge in [-0.05, 0) is 13.8 Å². The molecule has 0 aromatic rings. The number of hydrogen-bond acceptors (Lipinski definition) is 2. The number of rotatable bonds is 1. The Kier molecular flexibility index (Phi) is 1.72. The van der Waals surface area contributed by atoms with Gasteiger partial charge in [0.1, 0.15) is 10.6 Å². The zero-order valence-electron chi connectivity index (χ0n) is 4.43. The minimum Gasteiger partial charge on any atom is -0.391 e. The van der Waals surface area contributed by atoms with E-state index < -0.39 is 5.60 Å². The highest BCUT2D eigenvalue weighted by Crippen LogP contribution is 1.98. The molecule has 0 aromatic heterocycles. The van der Waals surface area contributed by atoms with Crippen LogP contribution in [0.5, 0.6) is 0 Å². The van der Waals surface area contributed by atoms with Gasteiger partial charge in [0.25, 0.3) is 0 Å². The summed E-state index contributed by atoms with van der Waals surface area (Å²) in [6, 6.07) is 0. The summed E-state index contributed by atoms with van der Waals surface area (Å²) in [4.78, 5) is 0.132. The van der Waals surface area contributed by atoms with Gasteiger partial charge in [-0.15, -0.1) is 0 Å². The van der Waals surface area contributed by atoms with E-state index in [2.05, 4.69) is 12.2 Å². The molecule has 42 valence electrons.